The zero-order valence-corrected chi connectivity index (χ0v) is 21.6. The normalized spacial score (nSPS) is 15.0. The molecule has 0 radical (unpaired) electrons. The van der Waals surface area contributed by atoms with E-state index in [1.807, 2.05) is 6.07 Å². The number of benzene rings is 2. The largest absolute Gasteiger partial charge is 0.352 e. The highest BCUT2D eigenvalue weighted by molar-refractivity contribution is 7.92. The fourth-order valence-electron chi connectivity index (χ4n) is 4.56. The van der Waals surface area contributed by atoms with Crippen molar-refractivity contribution in [2.24, 2.45) is 0 Å². The smallest absolute Gasteiger partial charge is 0.244 e. The summed E-state index contributed by atoms with van der Waals surface area (Å²) in [6.07, 6.45) is 4.89. The molecule has 0 heterocycles. The van der Waals surface area contributed by atoms with Crippen LogP contribution in [0.4, 0.5) is 10.1 Å². The number of sulfonamides is 1. The summed E-state index contributed by atoms with van der Waals surface area (Å²) < 4.78 is 41.1. The van der Waals surface area contributed by atoms with Crippen molar-refractivity contribution in [3.05, 3.63) is 65.0 Å². The molecule has 1 N–H and O–H groups in total. The Labute approximate surface area is 207 Å². The fraction of sp³-hybridized carbons (Fsp3) is 0.462. The van der Waals surface area contributed by atoms with Gasteiger partial charge in [0.1, 0.15) is 18.4 Å². The van der Waals surface area contributed by atoms with E-state index in [4.69, 9.17) is 0 Å². The number of nitrogens with zero attached hydrogens (tertiary/aromatic N) is 2. The van der Waals surface area contributed by atoms with Gasteiger partial charge in [0, 0.05) is 18.2 Å². The first-order valence-corrected chi connectivity index (χ1v) is 13.7. The number of carbonyl (C=O) groups is 2. The quantitative estimate of drug-likeness (QED) is 0.566. The van der Waals surface area contributed by atoms with E-state index in [-0.39, 0.29) is 24.1 Å². The molecule has 7 nitrogen and oxygen atoms in total. The SMILES string of the molecule is Cc1cccc(C)c1N(CC(=O)N(Cc1ccccc1F)[C@H](C)C(=O)NC1CCCC1)S(C)(=O)=O. The van der Waals surface area contributed by atoms with Gasteiger partial charge >= 0.3 is 0 Å². The Hall–Kier alpha value is -2.94. The lowest BCUT2D eigenvalue weighted by molar-refractivity contribution is -0.139. The zero-order chi connectivity index (χ0) is 25.8. The van der Waals surface area contributed by atoms with Gasteiger partial charge in [-0.15, -0.1) is 0 Å². The van der Waals surface area contributed by atoms with Crippen molar-refractivity contribution in [2.75, 3.05) is 17.1 Å². The number of halogens is 1. The van der Waals surface area contributed by atoms with Crippen molar-refractivity contribution in [3.63, 3.8) is 0 Å². The molecule has 1 aliphatic rings. The predicted octanol–water partition coefficient (Wildman–Crippen LogP) is 3.68. The van der Waals surface area contributed by atoms with Crippen molar-refractivity contribution in [1.82, 2.24) is 10.2 Å². The summed E-state index contributed by atoms with van der Waals surface area (Å²) >= 11 is 0. The third-order valence-electron chi connectivity index (χ3n) is 6.54. The molecule has 0 unspecified atom stereocenters. The van der Waals surface area contributed by atoms with Gasteiger partial charge in [0.25, 0.3) is 0 Å². The Morgan fingerprint density at radius 3 is 2.23 bits per heavy atom. The number of rotatable bonds is 9. The molecular weight excluding hydrogens is 469 g/mol. The number of para-hydroxylation sites is 1. The number of amides is 2. The molecule has 2 aromatic carbocycles. The number of hydrogen-bond donors (Lipinski definition) is 1. The zero-order valence-electron chi connectivity index (χ0n) is 20.8. The molecule has 0 saturated heterocycles. The van der Waals surface area contributed by atoms with E-state index in [1.54, 1.807) is 51.1 Å². The number of aryl methyl sites for hydroxylation is 2. The Kier molecular flexibility index (Phi) is 8.53. The molecular formula is C26H34FN3O4S. The van der Waals surface area contributed by atoms with Crippen molar-refractivity contribution in [2.45, 2.75) is 65.1 Å². The van der Waals surface area contributed by atoms with Crippen LogP contribution >= 0.6 is 0 Å². The summed E-state index contributed by atoms with van der Waals surface area (Å²) in [6, 6.07) is 10.6. The summed E-state index contributed by atoms with van der Waals surface area (Å²) in [5.74, 6) is -1.42. The molecule has 2 aromatic rings. The van der Waals surface area contributed by atoms with Crippen LogP contribution in [-0.4, -0.2) is 50.0 Å². The van der Waals surface area contributed by atoms with Crippen LogP contribution in [0, 0.1) is 19.7 Å². The summed E-state index contributed by atoms with van der Waals surface area (Å²) in [5.41, 5.74) is 2.09. The minimum Gasteiger partial charge on any atom is -0.352 e. The first-order chi connectivity index (χ1) is 16.5. The van der Waals surface area contributed by atoms with Gasteiger partial charge in [0.15, 0.2) is 0 Å². The third-order valence-corrected chi connectivity index (χ3v) is 7.65. The molecule has 1 saturated carbocycles. The number of carbonyl (C=O) groups excluding carboxylic acids is 2. The lowest BCUT2D eigenvalue weighted by Gasteiger charge is -2.33. The van der Waals surface area contributed by atoms with E-state index in [9.17, 15) is 22.4 Å². The van der Waals surface area contributed by atoms with E-state index in [0.717, 1.165) is 36.2 Å². The van der Waals surface area contributed by atoms with Gasteiger partial charge in [-0.2, -0.15) is 0 Å². The second-order valence-corrected chi connectivity index (χ2v) is 11.2. The summed E-state index contributed by atoms with van der Waals surface area (Å²) in [7, 11) is -3.83. The highest BCUT2D eigenvalue weighted by atomic mass is 32.2. The first kappa shape index (κ1) is 26.7. The summed E-state index contributed by atoms with van der Waals surface area (Å²) in [4.78, 5) is 27.9. The van der Waals surface area contributed by atoms with Gasteiger partial charge in [-0.3, -0.25) is 13.9 Å². The predicted molar refractivity (Wildman–Crippen MR) is 135 cm³/mol. The van der Waals surface area contributed by atoms with E-state index in [1.165, 1.54) is 11.0 Å². The topological polar surface area (TPSA) is 86.8 Å². The molecule has 0 bridgehead atoms. The molecule has 1 fully saturated rings. The lowest BCUT2D eigenvalue weighted by atomic mass is 10.1. The van der Waals surface area contributed by atoms with Gasteiger partial charge in [0.2, 0.25) is 21.8 Å². The van der Waals surface area contributed by atoms with E-state index in [0.29, 0.717) is 16.8 Å². The second kappa shape index (κ2) is 11.2. The number of nitrogens with one attached hydrogen (secondary N) is 1. The Morgan fingerprint density at radius 1 is 1.06 bits per heavy atom. The first-order valence-electron chi connectivity index (χ1n) is 11.9. The van der Waals surface area contributed by atoms with Crippen LogP contribution in [0.5, 0.6) is 0 Å². The second-order valence-electron chi connectivity index (χ2n) is 9.29. The molecule has 0 spiro atoms. The van der Waals surface area contributed by atoms with E-state index < -0.39 is 34.3 Å². The molecule has 2 amide bonds. The molecule has 1 aliphatic carbocycles. The monoisotopic (exact) mass is 503 g/mol. The molecule has 9 heteroatoms. The maximum absolute atomic E-state index is 14.5. The maximum Gasteiger partial charge on any atom is 0.244 e. The molecule has 0 aliphatic heterocycles. The van der Waals surface area contributed by atoms with Crippen LogP contribution in [-0.2, 0) is 26.2 Å². The average Bonchev–Trinajstić information content (AvgIpc) is 3.29. The highest BCUT2D eigenvalue weighted by Gasteiger charge is 2.32. The van der Waals surface area contributed by atoms with Gasteiger partial charge in [-0.25, -0.2) is 12.8 Å². The van der Waals surface area contributed by atoms with Crippen molar-refractivity contribution < 1.29 is 22.4 Å². The van der Waals surface area contributed by atoms with Crippen LogP contribution in [0.1, 0.15) is 49.3 Å². The van der Waals surface area contributed by atoms with Gasteiger partial charge in [-0.05, 0) is 50.8 Å². The molecule has 190 valence electrons. The van der Waals surface area contributed by atoms with E-state index >= 15 is 0 Å². The molecule has 0 aromatic heterocycles. The third kappa shape index (κ3) is 6.60. The fourth-order valence-corrected chi connectivity index (χ4v) is 5.52. The van der Waals surface area contributed by atoms with Crippen LogP contribution in [0.2, 0.25) is 0 Å². The Balaban J connectivity index is 1.93. The standard InChI is InChI=1S/C26H34FN3O4S/c1-18-10-9-11-19(2)25(18)30(35(4,33)34)17-24(31)29(16-21-12-5-8-15-23(21)27)20(3)26(32)28-22-13-6-7-14-22/h5,8-12,15,20,22H,6-7,13-14,16-17H2,1-4H3,(H,28,32)/t20-/m1/s1. The summed E-state index contributed by atoms with van der Waals surface area (Å²) in [5, 5.41) is 2.99. The van der Waals surface area contributed by atoms with Crippen molar-refractivity contribution >= 4 is 27.5 Å². The molecule has 35 heavy (non-hydrogen) atoms. The average molecular weight is 504 g/mol. The minimum atomic E-state index is -3.83. The highest BCUT2D eigenvalue weighted by Crippen LogP contribution is 2.27. The maximum atomic E-state index is 14.5. The van der Waals surface area contributed by atoms with Crippen LogP contribution in [0.15, 0.2) is 42.5 Å². The van der Waals surface area contributed by atoms with Gasteiger partial charge < -0.3 is 10.2 Å². The Morgan fingerprint density at radius 2 is 1.66 bits per heavy atom. The molecule has 1 atom stereocenters. The number of anilines is 1. The number of hydrogen-bond acceptors (Lipinski definition) is 4. The van der Waals surface area contributed by atoms with Crippen molar-refractivity contribution in [1.29, 1.82) is 0 Å². The molecule has 3 rings (SSSR count). The summed E-state index contributed by atoms with van der Waals surface area (Å²) in [6.45, 7) is 4.49. The van der Waals surface area contributed by atoms with Crippen molar-refractivity contribution in [3.8, 4) is 0 Å². The van der Waals surface area contributed by atoms with Crippen LogP contribution in [0.25, 0.3) is 0 Å². The van der Waals surface area contributed by atoms with Crippen LogP contribution in [0.3, 0.4) is 0 Å². The van der Waals surface area contributed by atoms with Gasteiger partial charge in [0.05, 0.1) is 11.9 Å². The lowest BCUT2D eigenvalue weighted by Crippen LogP contribution is -2.52. The Bertz CT molecular complexity index is 1160. The van der Waals surface area contributed by atoms with E-state index in [2.05, 4.69) is 5.32 Å². The van der Waals surface area contributed by atoms with Gasteiger partial charge in [-0.1, -0.05) is 49.2 Å². The van der Waals surface area contributed by atoms with Crippen LogP contribution < -0.4 is 9.62 Å². The minimum absolute atomic E-state index is 0.0532.